The lowest BCUT2D eigenvalue weighted by Crippen LogP contribution is -2.43. The highest BCUT2D eigenvalue weighted by Gasteiger charge is 2.15. The van der Waals surface area contributed by atoms with Crippen LogP contribution >= 0.6 is 0 Å². The number of hydrogen-bond acceptors (Lipinski definition) is 3. The SMILES string of the molecule is CN1CCN(Cc2c[nH]c3ccc(C#N)cc23)CC1. The topological polar surface area (TPSA) is 46.1 Å². The molecule has 0 radical (unpaired) electrons. The smallest absolute Gasteiger partial charge is 0.0991 e. The average molecular weight is 254 g/mol. The summed E-state index contributed by atoms with van der Waals surface area (Å²) in [6.07, 6.45) is 2.07. The van der Waals surface area contributed by atoms with Crippen LogP contribution in [0.4, 0.5) is 0 Å². The quantitative estimate of drug-likeness (QED) is 0.888. The monoisotopic (exact) mass is 254 g/mol. The summed E-state index contributed by atoms with van der Waals surface area (Å²) in [5.41, 5.74) is 3.13. The van der Waals surface area contributed by atoms with E-state index in [0.717, 1.165) is 43.8 Å². The molecular weight excluding hydrogens is 236 g/mol. The fraction of sp³-hybridized carbons (Fsp3) is 0.400. The van der Waals surface area contributed by atoms with Crippen LogP contribution in [0.3, 0.4) is 0 Å². The van der Waals surface area contributed by atoms with Crippen LogP contribution in [0.1, 0.15) is 11.1 Å². The zero-order valence-corrected chi connectivity index (χ0v) is 11.2. The van der Waals surface area contributed by atoms with E-state index in [2.05, 4.69) is 34.1 Å². The number of benzene rings is 1. The molecule has 1 N–H and O–H groups in total. The van der Waals surface area contributed by atoms with Crippen molar-refractivity contribution in [1.82, 2.24) is 14.8 Å². The van der Waals surface area contributed by atoms with E-state index in [9.17, 15) is 0 Å². The lowest BCUT2D eigenvalue weighted by Gasteiger charge is -2.32. The normalized spacial score (nSPS) is 17.7. The largest absolute Gasteiger partial charge is 0.361 e. The number of fused-ring (bicyclic) bond motifs is 1. The molecule has 19 heavy (non-hydrogen) atoms. The fourth-order valence-electron chi connectivity index (χ4n) is 2.63. The molecule has 1 aliphatic heterocycles. The van der Waals surface area contributed by atoms with Crippen LogP contribution in [0.5, 0.6) is 0 Å². The van der Waals surface area contributed by atoms with Crippen LogP contribution in [0.15, 0.2) is 24.4 Å². The third-order valence-electron chi connectivity index (χ3n) is 3.89. The van der Waals surface area contributed by atoms with Crippen molar-refractivity contribution in [2.45, 2.75) is 6.54 Å². The maximum atomic E-state index is 9.00. The molecule has 0 bridgehead atoms. The Bertz CT molecular complexity index is 615. The van der Waals surface area contributed by atoms with Crippen molar-refractivity contribution in [2.75, 3.05) is 33.2 Å². The first kappa shape index (κ1) is 12.2. The van der Waals surface area contributed by atoms with Crippen molar-refractivity contribution >= 4 is 10.9 Å². The number of nitrogens with one attached hydrogen (secondary N) is 1. The van der Waals surface area contributed by atoms with Gasteiger partial charge in [-0.3, -0.25) is 4.90 Å². The molecule has 0 aliphatic carbocycles. The van der Waals surface area contributed by atoms with Gasteiger partial charge in [-0.05, 0) is 30.8 Å². The van der Waals surface area contributed by atoms with Gasteiger partial charge in [0, 0.05) is 49.8 Å². The fourth-order valence-corrected chi connectivity index (χ4v) is 2.63. The Hall–Kier alpha value is -1.83. The average Bonchev–Trinajstić information content (AvgIpc) is 2.84. The molecule has 1 fully saturated rings. The van der Waals surface area contributed by atoms with Gasteiger partial charge >= 0.3 is 0 Å². The third kappa shape index (κ3) is 2.48. The summed E-state index contributed by atoms with van der Waals surface area (Å²) < 4.78 is 0. The predicted molar refractivity (Wildman–Crippen MR) is 75.8 cm³/mol. The van der Waals surface area contributed by atoms with Crippen molar-refractivity contribution in [3.05, 3.63) is 35.5 Å². The Kier molecular flexibility index (Phi) is 3.24. The van der Waals surface area contributed by atoms with Crippen LogP contribution < -0.4 is 0 Å². The van der Waals surface area contributed by atoms with Gasteiger partial charge in [0.1, 0.15) is 0 Å². The molecule has 0 saturated carbocycles. The summed E-state index contributed by atoms with van der Waals surface area (Å²) in [4.78, 5) is 8.13. The molecule has 0 spiro atoms. The minimum absolute atomic E-state index is 0.728. The summed E-state index contributed by atoms with van der Waals surface area (Å²) in [6, 6.07) is 8.04. The Labute approximate surface area is 113 Å². The van der Waals surface area contributed by atoms with Crippen molar-refractivity contribution in [2.24, 2.45) is 0 Å². The number of piperazine rings is 1. The van der Waals surface area contributed by atoms with E-state index in [1.165, 1.54) is 10.9 Å². The van der Waals surface area contributed by atoms with E-state index in [1.54, 1.807) is 0 Å². The molecule has 98 valence electrons. The first-order valence-corrected chi connectivity index (χ1v) is 6.67. The Morgan fingerprint density at radius 3 is 2.79 bits per heavy atom. The van der Waals surface area contributed by atoms with Gasteiger partial charge < -0.3 is 9.88 Å². The summed E-state index contributed by atoms with van der Waals surface area (Å²) in [6.45, 7) is 5.45. The first-order chi connectivity index (χ1) is 9.26. The highest BCUT2D eigenvalue weighted by molar-refractivity contribution is 5.84. The molecule has 4 nitrogen and oxygen atoms in total. The van der Waals surface area contributed by atoms with E-state index in [0.29, 0.717) is 0 Å². The van der Waals surface area contributed by atoms with Crippen LogP contribution in [0.25, 0.3) is 10.9 Å². The number of hydrogen-bond donors (Lipinski definition) is 1. The van der Waals surface area contributed by atoms with Gasteiger partial charge in [0.2, 0.25) is 0 Å². The van der Waals surface area contributed by atoms with E-state index >= 15 is 0 Å². The number of rotatable bonds is 2. The molecule has 2 aromatic rings. The molecule has 0 unspecified atom stereocenters. The maximum absolute atomic E-state index is 9.00. The predicted octanol–water partition coefficient (Wildman–Crippen LogP) is 1.79. The first-order valence-electron chi connectivity index (χ1n) is 6.67. The van der Waals surface area contributed by atoms with Crippen LogP contribution in [-0.4, -0.2) is 48.0 Å². The molecular formula is C15H18N4. The number of nitrogens with zero attached hydrogens (tertiary/aromatic N) is 3. The summed E-state index contributed by atoms with van der Waals surface area (Å²) in [7, 11) is 2.17. The minimum atomic E-state index is 0.728. The van der Waals surface area contributed by atoms with E-state index in [4.69, 9.17) is 5.26 Å². The van der Waals surface area contributed by atoms with E-state index < -0.39 is 0 Å². The van der Waals surface area contributed by atoms with Gasteiger partial charge in [0.05, 0.1) is 11.6 Å². The standard InChI is InChI=1S/C15H18N4/c1-18-4-6-19(7-5-18)11-13-10-17-15-3-2-12(9-16)8-14(13)15/h2-3,8,10,17H,4-7,11H2,1H3. The van der Waals surface area contributed by atoms with Crippen LogP contribution in [0.2, 0.25) is 0 Å². The molecule has 0 amide bonds. The summed E-state index contributed by atoms with van der Waals surface area (Å²) in [5, 5.41) is 10.2. The second-order valence-corrected chi connectivity index (χ2v) is 5.27. The summed E-state index contributed by atoms with van der Waals surface area (Å²) >= 11 is 0. The van der Waals surface area contributed by atoms with E-state index in [1.807, 2.05) is 18.2 Å². The highest BCUT2D eigenvalue weighted by atomic mass is 15.2. The molecule has 0 atom stereocenters. The van der Waals surface area contributed by atoms with Crippen molar-refractivity contribution in [3.63, 3.8) is 0 Å². The number of aromatic nitrogens is 1. The maximum Gasteiger partial charge on any atom is 0.0991 e. The lowest BCUT2D eigenvalue weighted by atomic mass is 10.1. The molecule has 4 heteroatoms. The molecule has 1 aromatic heterocycles. The zero-order chi connectivity index (χ0) is 13.2. The number of nitriles is 1. The lowest BCUT2D eigenvalue weighted by molar-refractivity contribution is 0.148. The number of H-pyrrole nitrogens is 1. The molecule has 2 heterocycles. The zero-order valence-electron chi connectivity index (χ0n) is 11.2. The van der Waals surface area contributed by atoms with Crippen molar-refractivity contribution in [3.8, 4) is 6.07 Å². The van der Waals surface area contributed by atoms with E-state index in [-0.39, 0.29) is 0 Å². The molecule has 1 aromatic carbocycles. The van der Waals surface area contributed by atoms with Crippen LogP contribution in [-0.2, 0) is 6.54 Å². The van der Waals surface area contributed by atoms with Gasteiger partial charge in [-0.15, -0.1) is 0 Å². The van der Waals surface area contributed by atoms with Gasteiger partial charge in [-0.2, -0.15) is 5.26 Å². The second kappa shape index (κ2) is 5.04. The highest BCUT2D eigenvalue weighted by Crippen LogP contribution is 2.21. The second-order valence-electron chi connectivity index (χ2n) is 5.27. The number of likely N-dealkylation sites (N-methyl/N-ethyl adjacent to an activating group) is 1. The minimum Gasteiger partial charge on any atom is -0.361 e. The Balaban J connectivity index is 1.83. The Morgan fingerprint density at radius 1 is 1.26 bits per heavy atom. The molecule has 1 aliphatic rings. The van der Waals surface area contributed by atoms with Crippen molar-refractivity contribution in [1.29, 1.82) is 5.26 Å². The third-order valence-corrected chi connectivity index (χ3v) is 3.89. The Morgan fingerprint density at radius 2 is 2.05 bits per heavy atom. The van der Waals surface area contributed by atoms with Gasteiger partial charge in [-0.25, -0.2) is 0 Å². The number of aromatic amines is 1. The van der Waals surface area contributed by atoms with Crippen LogP contribution in [0, 0.1) is 11.3 Å². The van der Waals surface area contributed by atoms with Crippen molar-refractivity contribution < 1.29 is 0 Å². The molecule has 3 rings (SSSR count). The van der Waals surface area contributed by atoms with Gasteiger partial charge in [0.15, 0.2) is 0 Å². The summed E-state index contributed by atoms with van der Waals surface area (Å²) in [5.74, 6) is 0. The van der Waals surface area contributed by atoms with Gasteiger partial charge in [-0.1, -0.05) is 0 Å². The van der Waals surface area contributed by atoms with Gasteiger partial charge in [0.25, 0.3) is 0 Å². The molecule has 1 saturated heterocycles.